The minimum absolute atomic E-state index is 0.0149. The molecular weight excluding hydrogens is 268 g/mol. The van der Waals surface area contributed by atoms with E-state index in [1.807, 2.05) is 30.0 Å². The van der Waals surface area contributed by atoms with Gasteiger partial charge < -0.3 is 20.5 Å². The molecule has 1 aliphatic rings. The van der Waals surface area contributed by atoms with E-state index in [9.17, 15) is 9.90 Å². The van der Waals surface area contributed by atoms with Crippen molar-refractivity contribution < 1.29 is 14.6 Å². The molecule has 2 atom stereocenters. The molecule has 1 aliphatic heterocycles. The third-order valence-electron chi connectivity index (χ3n) is 4.02. The Labute approximate surface area is 125 Å². The standard InChI is InChI=1S/C16H24N2O3/c1-4-12(16(19)20)18-9-15(10(2)3)21-14-7-11(8-17)5-6-13(14)18/h5-7,10,12,15H,4,8-9,17H2,1-3H3,(H,19,20). The number of aliphatic carboxylic acids is 1. The molecular formula is C16H24N2O3. The first-order valence-electron chi connectivity index (χ1n) is 7.47. The summed E-state index contributed by atoms with van der Waals surface area (Å²) in [4.78, 5) is 13.5. The summed E-state index contributed by atoms with van der Waals surface area (Å²) in [5.74, 6) is 0.256. The fraction of sp³-hybridized carbons (Fsp3) is 0.562. The van der Waals surface area contributed by atoms with E-state index in [4.69, 9.17) is 10.5 Å². The maximum absolute atomic E-state index is 11.5. The molecule has 2 rings (SSSR count). The Morgan fingerprint density at radius 1 is 1.52 bits per heavy atom. The molecule has 0 bridgehead atoms. The highest BCUT2D eigenvalue weighted by atomic mass is 16.5. The largest absolute Gasteiger partial charge is 0.486 e. The topological polar surface area (TPSA) is 75.8 Å². The molecule has 1 aromatic rings. The van der Waals surface area contributed by atoms with Gasteiger partial charge in [-0.05, 0) is 30.0 Å². The summed E-state index contributed by atoms with van der Waals surface area (Å²) in [5, 5.41) is 9.47. The van der Waals surface area contributed by atoms with Crippen molar-refractivity contribution >= 4 is 11.7 Å². The molecule has 116 valence electrons. The van der Waals surface area contributed by atoms with Gasteiger partial charge in [-0.25, -0.2) is 4.79 Å². The van der Waals surface area contributed by atoms with Crippen LogP contribution in [0.1, 0.15) is 32.8 Å². The molecule has 0 fully saturated rings. The Kier molecular flexibility index (Phi) is 4.73. The van der Waals surface area contributed by atoms with E-state index in [-0.39, 0.29) is 6.10 Å². The van der Waals surface area contributed by atoms with Gasteiger partial charge in [-0.2, -0.15) is 0 Å². The molecule has 2 unspecified atom stereocenters. The van der Waals surface area contributed by atoms with Crippen molar-refractivity contribution in [3.63, 3.8) is 0 Å². The molecule has 3 N–H and O–H groups in total. The lowest BCUT2D eigenvalue weighted by atomic mass is 10.0. The van der Waals surface area contributed by atoms with Crippen molar-refractivity contribution in [2.75, 3.05) is 11.4 Å². The highest BCUT2D eigenvalue weighted by Gasteiger charge is 2.34. The molecule has 1 heterocycles. The van der Waals surface area contributed by atoms with Gasteiger partial charge >= 0.3 is 5.97 Å². The number of carboxylic acids is 1. The zero-order valence-corrected chi connectivity index (χ0v) is 12.9. The predicted molar refractivity (Wildman–Crippen MR) is 82.6 cm³/mol. The van der Waals surface area contributed by atoms with Crippen molar-refractivity contribution in [3.8, 4) is 5.75 Å². The molecule has 0 amide bonds. The SMILES string of the molecule is CCC(C(=O)O)N1CC(C(C)C)Oc2cc(CN)ccc21. The van der Waals surface area contributed by atoms with Gasteiger partial charge in [-0.1, -0.05) is 26.8 Å². The molecule has 0 spiro atoms. The van der Waals surface area contributed by atoms with E-state index >= 15 is 0 Å². The van der Waals surface area contributed by atoms with Crippen LogP contribution in [0.25, 0.3) is 0 Å². The predicted octanol–water partition coefficient (Wildman–Crippen LogP) is 2.23. The Balaban J connectivity index is 2.43. The third kappa shape index (κ3) is 3.13. The molecule has 5 heteroatoms. The molecule has 0 aromatic heterocycles. The van der Waals surface area contributed by atoms with E-state index in [1.54, 1.807) is 0 Å². The second-order valence-electron chi connectivity index (χ2n) is 5.82. The van der Waals surface area contributed by atoms with Crippen LogP contribution in [0.4, 0.5) is 5.69 Å². The quantitative estimate of drug-likeness (QED) is 0.870. The number of hydrogen-bond donors (Lipinski definition) is 2. The lowest BCUT2D eigenvalue weighted by Gasteiger charge is -2.40. The van der Waals surface area contributed by atoms with Crippen LogP contribution in [0.5, 0.6) is 5.75 Å². The van der Waals surface area contributed by atoms with Crippen LogP contribution >= 0.6 is 0 Å². The minimum atomic E-state index is -0.796. The average molecular weight is 292 g/mol. The second kappa shape index (κ2) is 6.35. The van der Waals surface area contributed by atoms with Crippen LogP contribution in [-0.4, -0.2) is 29.8 Å². The number of rotatable bonds is 5. The Hall–Kier alpha value is -1.75. The Morgan fingerprint density at radius 3 is 2.76 bits per heavy atom. The van der Waals surface area contributed by atoms with Crippen molar-refractivity contribution in [3.05, 3.63) is 23.8 Å². The van der Waals surface area contributed by atoms with E-state index in [2.05, 4.69) is 13.8 Å². The van der Waals surface area contributed by atoms with E-state index < -0.39 is 12.0 Å². The fourth-order valence-corrected chi connectivity index (χ4v) is 2.68. The van der Waals surface area contributed by atoms with Crippen molar-refractivity contribution in [1.29, 1.82) is 0 Å². The molecule has 5 nitrogen and oxygen atoms in total. The second-order valence-corrected chi connectivity index (χ2v) is 5.82. The summed E-state index contributed by atoms with van der Waals surface area (Å²) >= 11 is 0. The molecule has 21 heavy (non-hydrogen) atoms. The number of ether oxygens (including phenoxy) is 1. The summed E-state index contributed by atoms with van der Waals surface area (Å²) in [5.41, 5.74) is 7.52. The van der Waals surface area contributed by atoms with Crippen molar-refractivity contribution in [1.82, 2.24) is 0 Å². The molecule has 0 aliphatic carbocycles. The van der Waals surface area contributed by atoms with Gasteiger partial charge in [0.15, 0.2) is 0 Å². The zero-order valence-electron chi connectivity index (χ0n) is 12.9. The average Bonchev–Trinajstić information content (AvgIpc) is 2.46. The number of hydrogen-bond acceptors (Lipinski definition) is 4. The molecule has 1 aromatic carbocycles. The van der Waals surface area contributed by atoms with Gasteiger partial charge in [0.05, 0.1) is 12.2 Å². The van der Waals surface area contributed by atoms with E-state index in [0.717, 1.165) is 17.0 Å². The number of carbonyl (C=O) groups is 1. The first-order chi connectivity index (χ1) is 9.97. The summed E-state index contributed by atoms with van der Waals surface area (Å²) < 4.78 is 6.05. The highest BCUT2D eigenvalue weighted by Crippen LogP contribution is 2.37. The number of carboxylic acid groups (broad SMARTS) is 1. The maximum atomic E-state index is 11.5. The van der Waals surface area contributed by atoms with E-state index in [1.165, 1.54) is 0 Å². The zero-order chi connectivity index (χ0) is 15.6. The van der Waals surface area contributed by atoms with Gasteiger partial charge in [0.25, 0.3) is 0 Å². The normalized spacial score (nSPS) is 19.1. The lowest BCUT2D eigenvalue weighted by Crippen LogP contribution is -2.50. The fourth-order valence-electron chi connectivity index (χ4n) is 2.68. The van der Waals surface area contributed by atoms with Crippen molar-refractivity contribution in [2.45, 2.75) is 45.9 Å². The highest BCUT2D eigenvalue weighted by molar-refractivity contribution is 5.80. The summed E-state index contributed by atoms with van der Waals surface area (Å²) in [7, 11) is 0. The minimum Gasteiger partial charge on any atom is -0.486 e. The summed E-state index contributed by atoms with van der Waals surface area (Å²) in [6.07, 6.45) is 0.539. The van der Waals surface area contributed by atoms with Crippen molar-refractivity contribution in [2.24, 2.45) is 11.7 Å². The van der Waals surface area contributed by atoms with Gasteiger partial charge in [-0.3, -0.25) is 0 Å². The smallest absolute Gasteiger partial charge is 0.326 e. The Bertz CT molecular complexity index is 516. The number of anilines is 1. The van der Waals surface area contributed by atoms with Crippen LogP contribution in [-0.2, 0) is 11.3 Å². The summed E-state index contributed by atoms with van der Waals surface area (Å²) in [6.45, 7) is 7.10. The molecule has 0 radical (unpaired) electrons. The van der Waals surface area contributed by atoms with Crippen LogP contribution < -0.4 is 15.4 Å². The maximum Gasteiger partial charge on any atom is 0.326 e. The number of benzene rings is 1. The number of fused-ring (bicyclic) bond motifs is 1. The van der Waals surface area contributed by atoms with Gasteiger partial charge in [-0.15, -0.1) is 0 Å². The number of nitrogens with two attached hydrogens (primary N) is 1. The Morgan fingerprint density at radius 2 is 2.24 bits per heavy atom. The van der Waals surface area contributed by atoms with Gasteiger partial charge in [0.1, 0.15) is 17.9 Å². The first kappa shape index (κ1) is 15.6. The molecule has 0 saturated heterocycles. The van der Waals surface area contributed by atoms with Crippen LogP contribution in [0.2, 0.25) is 0 Å². The number of nitrogens with zero attached hydrogens (tertiary/aromatic N) is 1. The van der Waals surface area contributed by atoms with Crippen LogP contribution in [0, 0.1) is 5.92 Å². The van der Waals surface area contributed by atoms with Crippen LogP contribution in [0.3, 0.4) is 0 Å². The molecule has 0 saturated carbocycles. The monoisotopic (exact) mass is 292 g/mol. The lowest BCUT2D eigenvalue weighted by molar-refractivity contribution is -0.138. The first-order valence-corrected chi connectivity index (χ1v) is 7.47. The van der Waals surface area contributed by atoms with Crippen LogP contribution in [0.15, 0.2) is 18.2 Å². The van der Waals surface area contributed by atoms with Gasteiger partial charge in [0, 0.05) is 6.54 Å². The van der Waals surface area contributed by atoms with E-state index in [0.29, 0.717) is 25.4 Å². The third-order valence-corrected chi connectivity index (χ3v) is 4.02. The van der Waals surface area contributed by atoms with Gasteiger partial charge in [0.2, 0.25) is 0 Å². The summed E-state index contributed by atoms with van der Waals surface area (Å²) in [6, 6.07) is 5.24.